The molecule has 0 spiro atoms. The zero-order valence-electron chi connectivity index (χ0n) is 14.7. The van der Waals surface area contributed by atoms with E-state index in [1.54, 1.807) is 0 Å². The fourth-order valence-corrected chi connectivity index (χ4v) is 9.05. The van der Waals surface area contributed by atoms with Gasteiger partial charge in [0.2, 0.25) is 0 Å². The fraction of sp³-hybridized carbons (Fsp3) is 0.409. The van der Waals surface area contributed by atoms with Gasteiger partial charge in [0.25, 0.3) is 0 Å². The van der Waals surface area contributed by atoms with Crippen molar-refractivity contribution in [3.8, 4) is 0 Å². The minimum atomic E-state index is -0.884. The van der Waals surface area contributed by atoms with Crippen LogP contribution in [0.3, 0.4) is 0 Å². The van der Waals surface area contributed by atoms with Crippen LogP contribution in [0.4, 0.5) is 0 Å². The highest BCUT2D eigenvalue weighted by atomic mass is 31.1. The van der Waals surface area contributed by atoms with E-state index in [0.717, 1.165) is 19.4 Å². The molecule has 1 aliphatic heterocycles. The number of rotatable bonds is 3. The first-order valence-corrected chi connectivity index (χ1v) is 10.5. The van der Waals surface area contributed by atoms with Crippen molar-refractivity contribution in [3.05, 3.63) is 60.7 Å². The predicted octanol–water partition coefficient (Wildman–Crippen LogP) is 3.85. The lowest BCUT2D eigenvalue weighted by Gasteiger charge is -2.44. The van der Waals surface area contributed by atoms with E-state index in [1.165, 1.54) is 10.6 Å². The van der Waals surface area contributed by atoms with Gasteiger partial charge in [-0.2, -0.15) is 0 Å². The van der Waals surface area contributed by atoms with E-state index in [4.69, 9.17) is 4.74 Å². The third kappa shape index (κ3) is 1.70. The molecule has 2 aliphatic carbocycles. The minimum Gasteiger partial charge on any atom is -0.361 e. The first kappa shape index (κ1) is 15.7. The van der Waals surface area contributed by atoms with Gasteiger partial charge in [-0.15, -0.1) is 0 Å². The summed E-state index contributed by atoms with van der Waals surface area (Å²) in [5.74, 6) is 0.702. The third-order valence-electron chi connectivity index (χ3n) is 7.21. The molecule has 4 atom stereocenters. The average Bonchev–Trinajstić information content (AvgIpc) is 3.14. The molecule has 4 bridgehead atoms. The van der Waals surface area contributed by atoms with Crippen LogP contribution in [0.5, 0.6) is 0 Å². The van der Waals surface area contributed by atoms with Gasteiger partial charge < -0.3 is 4.74 Å². The van der Waals surface area contributed by atoms with Gasteiger partial charge in [0.15, 0.2) is 11.1 Å². The molecule has 128 valence electrons. The second-order valence-electron chi connectivity index (χ2n) is 8.16. The van der Waals surface area contributed by atoms with Crippen molar-refractivity contribution in [2.24, 2.45) is 16.7 Å². The molecule has 2 nitrogen and oxygen atoms in total. The maximum absolute atomic E-state index is 13.8. The molecular weight excluding hydrogens is 327 g/mol. The first-order chi connectivity index (χ1) is 12.0. The van der Waals surface area contributed by atoms with Crippen molar-refractivity contribution >= 4 is 24.3 Å². The zero-order valence-corrected chi connectivity index (χ0v) is 15.6. The summed E-state index contributed by atoms with van der Waals surface area (Å²) >= 11 is 0. The minimum absolute atomic E-state index is 0.00573. The fourth-order valence-electron chi connectivity index (χ4n) is 5.67. The Bertz CT molecular complexity index is 796. The monoisotopic (exact) mass is 350 g/mol. The molecule has 3 heteroatoms. The lowest BCUT2D eigenvalue weighted by Crippen LogP contribution is -2.52. The number of ether oxygens (including phenoxy) is 1. The van der Waals surface area contributed by atoms with Crippen LogP contribution >= 0.6 is 7.92 Å². The molecule has 0 unspecified atom stereocenters. The molecule has 0 N–H and O–H groups in total. The van der Waals surface area contributed by atoms with Crippen LogP contribution in [0.25, 0.3) is 0 Å². The summed E-state index contributed by atoms with van der Waals surface area (Å²) < 4.78 is 6.50. The Kier molecular flexibility index (Phi) is 3.16. The molecule has 5 rings (SSSR count). The molecule has 3 fully saturated rings. The quantitative estimate of drug-likeness (QED) is 0.786. The van der Waals surface area contributed by atoms with Gasteiger partial charge in [0.1, 0.15) is 0 Å². The van der Waals surface area contributed by atoms with Crippen LogP contribution in [0.1, 0.15) is 26.7 Å². The summed E-state index contributed by atoms with van der Waals surface area (Å²) in [6.07, 6.45) is 2.13. The van der Waals surface area contributed by atoms with Crippen molar-refractivity contribution in [3.63, 3.8) is 0 Å². The summed E-state index contributed by atoms with van der Waals surface area (Å²) in [6, 6.07) is 21.1. The summed E-state index contributed by atoms with van der Waals surface area (Å²) in [5.41, 5.74) is -0.228. The highest BCUT2D eigenvalue weighted by Gasteiger charge is 2.81. The van der Waals surface area contributed by atoms with Crippen LogP contribution in [0.2, 0.25) is 0 Å². The molecule has 2 aromatic carbocycles. The Morgan fingerprint density at radius 2 is 1.52 bits per heavy atom. The number of ketones is 1. The number of hydrogen-bond donors (Lipinski definition) is 0. The third-order valence-corrected chi connectivity index (χ3v) is 10.2. The standard InChI is InChI=1S/C22H23O2P/c1-20-14-13-18-21(20,2)15-24-22(18,19(20)23)25(16-9-5-3-6-10-16)17-11-7-4-8-12-17/h3-12,18H,13-15H2,1-2H3/t18-,20+,21+,22-/m1/s1. The van der Waals surface area contributed by atoms with Crippen LogP contribution < -0.4 is 10.6 Å². The number of benzene rings is 2. The molecule has 25 heavy (non-hydrogen) atoms. The van der Waals surface area contributed by atoms with E-state index >= 15 is 0 Å². The molecule has 1 heterocycles. The maximum atomic E-state index is 13.8. The molecule has 1 saturated heterocycles. The van der Waals surface area contributed by atoms with Gasteiger partial charge >= 0.3 is 0 Å². The number of hydrogen-bond acceptors (Lipinski definition) is 2. The Balaban J connectivity index is 1.75. The van der Waals surface area contributed by atoms with Gasteiger partial charge in [-0.1, -0.05) is 74.5 Å². The summed E-state index contributed by atoms with van der Waals surface area (Å²) in [5, 5.41) is 1.86. The molecule has 3 aliphatic rings. The summed E-state index contributed by atoms with van der Waals surface area (Å²) in [6.45, 7) is 5.21. The topological polar surface area (TPSA) is 26.3 Å². The van der Waals surface area contributed by atoms with Gasteiger partial charge in [-0.25, -0.2) is 0 Å². The van der Waals surface area contributed by atoms with E-state index in [0.29, 0.717) is 11.7 Å². The van der Waals surface area contributed by atoms with E-state index in [-0.39, 0.29) is 10.8 Å². The highest BCUT2D eigenvalue weighted by molar-refractivity contribution is 7.75. The van der Waals surface area contributed by atoms with E-state index in [1.807, 2.05) is 12.1 Å². The normalized spacial score (nSPS) is 38.7. The van der Waals surface area contributed by atoms with Crippen LogP contribution in [-0.4, -0.2) is 17.7 Å². The van der Waals surface area contributed by atoms with Crippen molar-refractivity contribution < 1.29 is 9.53 Å². The van der Waals surface area contributed by atoms with E-state index in [2.05, 4.69) is 62.4 Å². The molecule has 2 saturated carbocycles. The Labute approximate surface area is 150 Å². The van der Waals surface area contributed by atoms with E-state index in [9.17, 15) is 4.79 Å². The largest absolute Gasteiger partial charge is 0.361 e. The van der Waals surface area contributed by atoms with Crippen LogP contribution in [-0.2, 0) is 9.53 Å². The van der Waals surface area contributed by atoms with Gasteiger partial charge in [0, 0.05) is 16.7 Å². The zero-order chi connectivity index (χ0) is 17.3. The lowest BCUT2D eigenvalue weighted by molar-refractivity contribution is -0.150. The molecule has 0 radical (unpaired) electrons. The van der Waals surface area contributed by atoms with E-state index < -0.39 is 13.3 Å². The van der Waals surface area contributed by atoms with Crippen LogP contribution in [0.15, 0.2) is 60.7 Å². The second kappa shape index (κ2) is 5.02. The van der Waals surface area contributed by atoms with Crippen molar-refractivity contribution in [2.75, 3.05) is 6.61 Å². The molecular formula is C22H23O2P. The highest BCUT2D eigenvalue weighted by Crippen LogP contribution is 2.78. The second-order valence-corrected chi connectivity index (χ2v) is 10.5. The molecule has 0 amide bonds. The predicted molar refractivity (Wildman–Crippen MR) is 102 cm³/mol. The Hall–Kier alpha value is -1.50. The van der Waals surface area contributed by atoms with Crippen LogP contribution in [0, 0.1) is 16.7 Å². The molecule has 0 aromatic heterocycles. The average molecular weight is 350 g/mol. The van der Waals surface area contributed by atoms with Gasteiger partial charge in [-0.05, 0) is 31.4 Å². The first-order valence-electron chi connectivity index (χ1n) is 9.13. The number of carbonyl (C=O) groups is 1. The lowest BCUT2D eigenvalue weighted by atomic mass is 9.69. The maximum Gasteiger partial charge on any atom is 0.176 e. The number of carbonyl (C=O) groups excluding carboxylic acids is 1. The Morgan fingerprint density at radius 3 is 2.00 bits per heavy atom. The SMILES string of the molecule is C[C@@]12CC[C@H]3[C@](P(c4ccccc4)c4ccccc4)(OC[C@@]31C)C2=O. The van der Waals surface area contributed by atoms with Gasteiger partial charge in [0.05, 0.1) is 6.61 Å². The van der Waals surface area contributed by atoms with Crippen molar-refractivity contribution in [2.45, 2.75) is 32.0 Å². The molecule has 2 aromatic rings. The number of Topliss-reactive ketones (excluding diaryl/α,β-unsaturated/α-hetero) is 1. The van der Waals surface area contributed by atoms with Gasteiger partial charge in [-0.3, -0.25) is 4.79 Å². The Morgan fingerprint density at radius 1 is 0.960 bits per heavy atom. The summed E-state index contributed by atoms with van der Waals surface area (Å²) in [7, 11) is -0.884. The summed E-state index contributed by atoms with van der Waals surface area (Å²) in [4.78, 5) is 13.8. The smallest absolute Gasteiger partial charge is 0.176 e. The van der Waals surface area contributed by atoms with Crippen molar-refractivity contribution in [1.82, 2.24) is 0 Å². The van der Waals surface area contributed by atoms with Crippen molar-refractivity contribution in [1.29, 1.82) is 0 Å².